The fourth-order valence-electron chi connectivity index (χ4n) is 2.51. The highest BCUT2D eigenvalue weighted by molar-refractivity contribution is 5.80. The first-order valence-corrected chi connectivity index (χ1v) is 5.35. The van der Waals surface area contributed by atoms with Gasteiger partial charge in [0.15, 0.2) is 0 Å². The normalized spacial score (nSPS) is 32.4. The van der Waals surface area contributed by atoms with Crippen molar-refractivity contribution in [1.29, 1.82) is 0 Å². The first-order valence-electron chi connectivity index (χ1n) is 5.35. The zero-order valence-electron chi connectivity index (χ0n) is 9.59. The highest BCUT2D eigenvalue weighted by Crippen LogP contribution is 2.40. The monoisotopic (exact) mass is 199 g/mol. The predicted molar refractivity (Wildman–Crippen MR) is 56.0 cm³/mol. The smallest absolute Gasteiger partial charge is 0.220 e. The van der Waals surface area contributed by atoms with E-state index in [1.165, 1.54) is 0 Å². The maximum atomic E-state index is 11.4. The molecule has 82 valence electrons. The van der Waals surface area contributed by atoms with Crippen molar-refractivity contribution < 1.29 is 9.53 Å². The van der Waals surface area contributed by atoms with Gasteiger partial charge in [0.05, 0.1) is 6.61 Å². The number of carbonyl (C=O) groups excluding carboxylic acids is 1. The summed E-state index contributed by atoms with van der Waals surface area (Å²) in [4.78, 5) is 11.4. The number of hydrogen-bond donors (Lipinski definition) is 1. The summed E-state index contributed by atoms with van der Waals surface area (Å²) in [6.45, 7) is 7.12. The third-order valence-corrected chi connectivity index (χ3v) is 3.49. The van der Waals surface area contributed by atoms with Crippen molar-refractivity contribution in [2.24, 2.45) is 11.3 Å². The summed E-state index contributed by atoms with van der Waals surface area (Å²) < 4.78 is 5.28. The molecule has 3 nitrogen and oxygen atoms in total. The van der Waals surface area contributed by atoms with Gasteiger partial charge in [0, 0.05) is 25.0 Å². The molecule has 0 aromatic carbocycles. The SMILES string of the molecule is CCC1NC(=O)CC1(COC)C(C)C. The standard InChI is InChI=1S/C11H21NO2/c1-5-9-11(7-14-4,8(2)3)6-10(13)12-9/h8-9H,5-7H2,1-4H3,(H,12,13). The Morgan fingerprint density at radius 2 is 2.29 bits per heavy atom. The van der Waals surface area contributed by atoms with Crippen LogP contribution in [0.25, 0.3) is 0 Å². The summed E-state index contributed by atoms with van der Waals surface area (Å²) in [5.41, 5.74) is 0.000579. The van der Waals surface area contributed by atoms with E-state index in [1.807, 2.05) is 0 Å². The van der Waals surface area contributed by atoms with Crippen LogP contribution in [-0.2, 0) is 9.53 Å². The van der Waals surface area contributed by atoms with Gasteiger partial charge in [-0.2, -0.15) is 0 Å². The van der Waals surface area contributed by atoms with Crippen LogP contribution < -0.4 is 5.32 Å². The quantitative estimate of drug-likeness (QED) is 0.746. The molecule has 1 heterocycles. The van der Waals surface area contributed by atoms with Gasteiger partial charge in [0.25, 0.3) is 0 Å². The molecule has 0 aromatic heterocycles. The van der Waals surface area contributed by atoms with E-state index in [9.17, 15) is 4.79 Å². The Kier molecular flexibility index (Phi) is 3.53. The number of nitrogens with one attached hydrogen (secondary N) is 1. The zero-order chi connectivity index (χ0) is 10.8. The molecule has 0 aliphatic carbocycles. The molecular formula is C11H21NO2. The molecule has 14 heavy (non-hydrogen) atoms. The predicted octanol–water partition coefficient (Wildman–Crippen LogP) is 1.57. The lowest BCUT2D eigenvalue weighted by atomic mass is 9.71. The Labute approximate surface area is 86.2 Å². The number of methoxy groups -OCH3 is 1. The molecule has 2 unspecified atom stereocenters. The number of amides is 1. The molecule has 2 atom stereocenters. The molecule has 1 aliphatic heterocycles. The van der Waals surface area contributed by atoms with Crippen molar-refractivity contribution in [1.82, 2.24) is 5.32 Å². The fourth-order valence-corrected chi connectivity index (χ4v) is 2.51. The van der Waals surface area contributed by atoms with Gasteiger partial charge >= 0.3 is 0 Å². The van der Waals surface area contributed by atoms with Crippen LogP contribution in [0.15, 0.2) is 0 Å². The number of ether oxygens (including phenoxy) is 1. The third-order valence-electron chi connectivity index (χ3n) is 3.49. The Morgan fingerprint density at radius 3 is 2.71 bits per heavy atom. The molecule has 1 N–H and O–H groups in total. The van der Waals surface area contributed by atoms with Crippen LogP contribution >= 0.6 is 0 Å². The third kappa shape index (κ3) is 1.78. The summed E-state index contributed by atoms with van der Waals surface area (Å²) in [7, 11) is 1.71. The molecule has 0 saturated carbocycles. The van der Waals surface area contributed by atoms with Gasteiger partial charge in [-0.15, -0.1) is 0 Å². The van der Waals surface area contributed by atoms with E-state index in [0.717, 1.165) is 6.42 Å². The van der Waals surface area contributed by atoms with E-state index in [4.69, 9.17) is 4.74 Å². The Bertz CT molecular complexity index is 215. The highest BCUT2D eigenvalue weighted by atomic mass is 16.5. The molecule has 0 spiro atoms. The zero-order valence-corrected chi connectivity index (χ0v) is 9.59. The average molecular weight is 199 g/mol. The average Bonchev–Trinajstić information content (AvgIpc) is 2.44. The minimum Gasteiger partial charge on any atom is -0.384 e. The molecule has 1 saturated heterocycles. The van der Waals surface area contributed by atoms with Crippen LogP contribution in [0.4, 0.5) is 0 Å². The Hall–Kier alpha value is -0.570. The lowest BCUT2D eigenvalue weighted by Gasteiger charge is -2.36. The van der Waals surface area contributed by atoms with E-state index in [1.54, 1.807) is 7.11 Å². The van der Waals surface area contributed by atoms with Crippen LogP contribution in [0.1, 0.15) is 33.6 Å². The van der Waals surface area contributed by atoms with Crippen molar-refractivity contribution >= 4 is 5.91 Å². The van der Waals surface area contributed by atoms with Crippen LogP contribution in [0.2, 0.25) is 0 Å². The molecule has 0 aromatic rings. The molecule has 1 aliphatic rings. The van der Waals surface area contributed by atoms with Gasteiger partial charge in [-0.3, -0.25) is 4.79 Å². The van der Waals surface area contributed by atoms with E-state index in [-0.39, 0.29) is 17.4 Å². The minimum absolute atomic E-state index is 0.000579. The van der Waals surface area contributed by atoms with Crippen molar-refractivity contribution in [2.45, 2.75) is 39.7 Å². The van der Waals surface area contributed by atoms with Gasteiger partial charge in [-0.25, -0.2) is 0 Å². The summed E-state index contributed by atoms with van der Waals surface area (Å²) >= 11 is 0. The summed E-state index contributed by atoms with van der Waals surface area (Å²) in [6, 6.07) is 0.273. The molecule has 0 bridgehead atoms. The molecule has 3 heteroatoms. The summed E-state index contributed by atoms with van der Waals surface area (Å²) in [6.07, 6.45) is 1.59. The maximum Gasteiger partial charge on any atom is 0.220 e. The van der Waals surface area contributed by atoms with Crippen molar-refractivity contribution in [2.75, 3.05) is 13.7 Å². The fraction of sp³-hybridized carbons (Fsp3) is 0.909. The van der Waals surface area contributed by atoms with Crippen LogP contribution in [-0.4, -0.2) is 25.7 Å². The van der Waals surface area contributed by atoms with Gasteiger partial charge in [0.1, 0.15) is 0 Å². The van der Waals surface area contributed by atoms with Gasteiger partial charge in [-0.1, -0.05) is 20.8 Å². The second-order valence-electron chi connectivity index (χ2n) is 4.53. The van der Waals surface area contributed by atoms with E-state index in [0.29, 0.717) is 18.9 Å². The molecule has 1 fully saturated rings. The maximum absolute atomic E-state index is 11.4. The molecule has 1 rings (SSSR count). The van der Waals surface area contributed by atoms with Crippen molar-refractivity contribution in [3.8, 4) is 0 Å². The summed E-state index contributed by atoms with van der Waals surface area (Å²) in [5.74, 6) is 0.633. The van der Waals surface area contributed by atoms with E-state index in [2.05, 4.69) is 26.1 Å². The first kappa shape index (κ1) is 11.5. The van der Waals surface area contributed by atoms with Crippen molar-refractivity contribution in [3.05, 3.63) is 0 Å². The molecular weight excluding hydrogens is 178 g/mol. The second kappa shape index (κ2) is 4.30. The largest absolute Gasteiger partial charge is 0.384 e. The lowest BCUT2D eigenvalue weighted by molar-refractivity contribution is -0.120. The lowest BCUT2D eigenvalue weighted by Crippen LogP contribution is -2.43. The summed E-state index contributed by atoms with van der Waals surface area (Å²) in [5, 5.41) is 3.04. The number of carbonyl (C=O) groups is 1. The van der Waals surface area contributed by atoms with E-state index >= 15 is 0 Å². The second-order valence-corrected chi connectivity index (χ2v) is 4.53. The highest BCUT2D eigenvalue weighted by Gasteiger charge is 2.48. The van der Waals surface area contributed by atoms with Gasteiger partial charge < -0.3 is 10.1 Å². The van der Waals surface area contributed by atoms with Crippen molar-refractivity contribution in [3.63, 3.8) is 0 Å². The first-order chi connectivity index (χ1) is 6.56. The minimum atomic E-state index is 0.000579. The number of rotatable bonds is 4. The number of hydrogen-bond acceptors (Lipinski definition) is 2. The molecule has 1 amide bonds. The van der Waals surface area contributed by atoms with Gasteiger partial charge in [-0.05, 0) is 12.3 Å². The topological polar surface area (TPSA) is 38.3 Å². The van der Waals surface area contributed by atoms with Gasteiger partial charge in [0.2, 0.25) is 5.91 Å². The van der Waals surface area contributed by atoms with E-state index < -0.39 is 0 Å². The van der Waals surface area contributed by atoms with Crippen LogP contribution in [0.5, 0.6) is 0 Å². The Balaban J connectivity index is 2.88. The van der Waals surface area contributed by atoms with Crippen LogP contribution in [0.3, 0.4) is 0 Å². The Morgan fingerprint density at radius 1 is 1.64 bits per heavy atom. The molecule has 0 radical (unpaired) electrons. The van der Waals surface area contributed by atoms with Crippen LogP contribution in [0, 0.1) is 11.3 Å².